The van der Waals surface area contributed by atoms with Crippen molar-refractivity contribution in [2.24, 2.45) is 5.73 Å². The summed E-state index contributed by atoms with van der Waals surface area (Å²) in [6, 6.07) is 5.29. The van der Waals surface area contributed by atoms with Crippen molar-refractivity contribution in [3.63, 3.8) is 0 Å². The first-order valence-electron chi connectivity index (χ1n) is 6.95. The number of nitrogens with zero attached hydrogens (tertiary/aromatic N) is 1. The van der Waals surface area contributed by atoms with Crippen LogP contribution in [0.2, 0.25) is 5.02 Å². The molecule has 1 aromatic rings. The summed E-state index contributed by atoms with van der Waals surface area (Å²) in [7, 11) is 2.00. The van der Waals surface area contributed by atoms with E-state index in [9.17, 15) is 9.90 Å². The number of primary amides is 1. The molecule has 1 saturated carbocycles. The van der Waals surface area contributed by atoms with Gasteiger partial charge in [-0.15, -0.1) is 0 Å². The molecule has 1 aliphatic rings. The number of rotatable bonds is 4. The van der Waals surface area contributed by atoms with Crippen LogP contribution < -0.4 is 5.73 Å². The highest BCUT2D eigenvalue weighted by Gasteiger charge is 2.26. The van der Waals surface area contributed by atoms with E-state index in [-0.39, 0.29) is 12.1 Å². The molecule has 2 unspecified atom stereocenters. The van der Waals surface area contributed by atoms with Crippen LogP contribution >= 0.6 is 11.6 Å². The zero-order valence-corrected chi connectivity index (χ0v) is 12.4. The molecule has 1 aliphatic carbocycles. The minimum Gasteiger partial charge on any atom is -0.391 e. The van der Waals surface area contributed by atoms with Gasteiger partial charge >= 0.3 is 0 Å². The number of hydrogen-bond donors (Lipinski definition) is 2. The Kier molecular flexibility index (Phi) is 5.02. The lowest BCUT2D eigenvalue weighted by Crippen LogP contribution is -2.42. The first kappa shape index (κ1) is 15.3. The molecule has 0 saturated heterocycles. The highest BCUT2D eigenvalue weighted by molar-refractivity contribution is 6.31. The summed E-state index contributed by atoms with van der Waals surface area (Å²) in [5.41, 5.74) is 6.59. The SMILES string of the molecule is CN(Cc1ccc(C(N)=O)cc1Cl)C1CCCCC1O. The van der Waals surface area contributed by atoms with E-state index >= 15 is 0 Å². The zero-order valence-electron chi connectivity index (χ0n) is 11.7. The lowest BCUT2D eigenvalue weighted by atomic mass is 9.91. The fourth-order valence-corrected chi connectivity index (χ4v) is 3.06. The number of carbonyl (C=O) groups excluding carboxylic acids is 1. The standard InChI is InChI=1S/C15H21ClN2O2/c1-18(13-4-2-3-5-14(13)19)9-11-7-6-10(15(17)20)8-12(11)16/h6-8,13-14,19H,2-5,9H2,1H3,(H2,17,20). The Labute approximate surface area is 124 Å². The minimum atomic E-state index is -0.477. The second kappa shape index (κ2) is 6.57. The van der Waals surface area contributed by atoms with Gasteiger partial charge < -0.3 is 10.8 Å². The number of aliphatic hydroxyl groups excluding tert-OH is 1. The maximum atomic E-state index is 11.1. The quantitative estimate of drug-likeness (QED) is 0.895. The van der Waals surface area contributed by atoms with Gasteiger partial charge in [0, 0.05) is 23.2 Å². The smallest absolute Gasteiger partial charge is 0.248 e. The van der Waals surface area contributed by atoms with Crippen molar-refractivity contribution in [1.82, 2.24) is 4.90 Å². The van der Waals surface area contributed by atoms with Crippen LogP contribution in [0.25, 0.3) is 0 Å². The molecule has 0 aromatic heterocycles. The van der Waals surface area contributed by atoms with E-state index in [0.717, 1.165) is 31.2 Å². The van der Waals surface area contributed by atoms with Crippen LogP contribution in [0.5, 0.6) is 0 Å². The first-order chi connectivity index (χ1) is 9.49. The number of carbonyl (C=O) groups is 1. The lowest BCUT2D eigenvalue weighted by molar-refractivity contribution is 0.0288. The first-order valence-corrected chi connectivity index (χ1v) is 7.33. The van der Waals surface area contributed by atoms with Crippen molar-refractivity contribution in [2.45, 2.75) is 44.4 Å². The molecule has 3 N–H and O–H groups in total. The molecule has 2 rings (SSSR count). The fourth-order valence-electron chi connectivity index (χ4n) is 2.82. The van der Waals surface area contributed by atoms with Gasteiger partial charge in [0.15, 0.2) is 0 Å². The topological polar surface area (TPSA) is 66.6 Å². The lowest BCUT2D eigenvalue weighted by Gasteiger charge is -2.35. The number of benzene rings is 1. The Morgan fingerprint density at radius 2 is 2.15 bits per heavy atom. The minimum absolute atomic E-state index is 0.177. The van der Waals surface area contributed by atoms with Crippen molar-refractivity contribution >= 4 is 17.5 Å². The average molecular weight is 297 g/mol. The molecule has 0 bridgehead atoms. The van der Waals surface area contributed by atoms with Crippen LogP contribution in [0.15, 0.2) is 18.2 Å². The Morgan fingerprint density at radius 3 is 2.75 bits per heavy atom. The van der Waals surface area contributed by atoms with E-state index in [1.165, 1.54) is 0 Å². The van der Waals surface area contributed by atoms with E-state index < -0.39 is 5.91 Å². The second-order valence-corrected chi connectivity index (χ2v) is 5.91. The van der Waals surface area contributed by atoms with Crippen LogP contribution in [0, 0.1) is 0 Å². The summed E-state index contributed by atoms with van der Waals surface area (Å²) in [5, 5.41) is 10.6. The summed E-state index contributed by atoms with van der Waals surface area (Å²) in [5.74, 6) is -0.477. The molecule has 1 fully saturated rings. The largest absolute Gasteiger partial charge is 0.391 e. The van der Waals surface area contributed by atoms with Crippen molar-refractivity contribution in [2.75, 3.05) is 7.05 Å². The molecule has 0 heterocycles. The van der Waals surface area contributed by atoms with Gasteiger partial charge in [-0.2, -0.15) is 0 Å². The molecule has 20 heavy (non-hydrogen) atoms. The molecule has 110 valence electrons. The van der Waals surface area contributed by atoms with Gasteiger partial charge in [0.25, 0.3) is 0 Å². The van der Waals surface area contributed by atoms with Crippen molar-refractivity contribution in [3.05, 3.63) is 34.3 Å². The summed E-state index contributed by atoms with van der Waals surface area (Å²) >= 11 is 6.20. The van der Waals surface area contributed by atoms with Gasteiger partial charge in [0.2, 0.25) is 5.91 Å². The van der Waals surface area contributed by atoms with E-state index in [4.69, 9.17) is 17.3 Å². The number of likely N-dealkylation sites (N-methyl/N-ethyl adjacent to an activating group) is 1. The number of halogens is 1. The van der Waals surface area contributed by atoms with Gasteiger partial charge in [-0.05, 0) is 37.6 Å². The van der Waals surface area contributed by atoms with Gasteiger partial charge in [0.05, 0.1) is 6.10 Å². The second-order valence-electron chi connectivity index (χ2n) is 5.50. The average Bonchev–Trinajstić information content (AvgIpc) is 2.41. The van der Waals surface area contributed by atoms with Crippen LogP contribution in [0.3, 0.4) is 0 Å². The molecule has 4 nitrogen and oxygen atoms in total. The maximum Gasteiger partial charge on any atom is 0.248 e. The maximum absolute atomic E-state index is 11.1. The van der Waals surface area contributed by atoms with Crippen LogP contribution in [-0.4, -0.2) is 35.1 Å². The number of amides is 1. The fraction of sp³-hybridized carbons (Fsp3) is 0.533. The van der Waals surface area contributed by atoms with E-state index in [1.54, 1.807) is 12.1 Å². The molecule has 0 spiro atoms. The normalized spacial score (nSPS) is 23.0. The molecule has 5 heteroatoms. The Hall–Kier alpha value is -1.10. The van der Waals surface area contributed by atoms with Crippen molar-refractivity contribution < 1.29 is 9.90 Å². The third kappa shape index (κ3) is 3.51. The summed E-state index contributed by atoms with van der Waals surface area (Å²) in [6.07, 6.45) is 3.86. The predicted octanol–water partition coefficient (Wildman–Crippen LogP) is 2.17. The zero-order chi connectivity index (χ0) is 14.7. The van der Waals surface area contributed by atoms with Crippen LogP contribution in [0.1, 0.15) is 41.6 Å². The van der Waals surface area contributed by atoms with Gasteiger partial charge in [-0.3, -0.25) is 9.69 Å². The molecule has 1 amide bonds. The van der Waals surface area contributed by atoms with Gasteiger partial charge in [-0.1, -0.05) is 30.5 Å². The van der Waals surface area contributed by atoms with Crippen molar-refractivity contribution in [3.8, 4) is 0 Å². The number of hydrogen-bond acceptors (Lipinski definition) is 3. The summed E-state index contributed by atoms with van der Waals surface area (Å²) in [6.45, 7) is 0.652. The summed E-state index contributed by atoms with van der Waals surface area (Å²) < 4.78 is 0. The Morgan fingerprint density at radius 1 is 1.45 bits per heavy atom. The molecule has 0 aliphatic heterocycles. The Balaban J connectivity index is 2.07. The van der Waals surface area contributed by atoms with E-state index in [0.29, 0.717) is 17.1 Å². The molecule has 0 radical (unpaired) electrons. The molecule has 1 aromatic carbocycles. The van der Waals surface area contributed by atoms with Crippen LogP contribution in [0.4, 0.5) is 0 Å². The molecule has 2 atom stereocenters. The molecular formula is C15H21ClN2O2. The van der Waals surface area contributed by atoms with Crippen LogP contribution in [-0.2, 0) is 6.54 Å². The third-order valence-corrected chi connectivity index (χ3v) is 4.37. The van der Waals surface area contributed by atoms with E-state index in [2.05, 4.69) is 4.90 Å². The molecular weight excluding hydrogens is 276 g/mol. The van der Waals surface area contributed by atoms with E-state index in [1.807, 2.05) is 13.1 Å². The summed E-state index contributed by atoms with van der Waals surface area (Å²) in [4.78, 5) is 13.2. The highest BCUT2D eigenvalue weighted by Crippen LogP contribution is 2.25. The van der Waals surface area contributed by atoms with Crippen molar-refractivity contribution in [1.29, 1.82) is 0 Å². The number of aliphatic hydroxyl groups is 1. The number of nitrogens with two attached hydrogens (primary N) is 1. The van der Waals surface area contributed by atoms with Gasteiger partial charge in [0.1, 0.15) is 0 Å². The highest BCUT2D eigenvalue weighted by atomic mass is 35.5. The van der Waals surface area contributed by atoms with Gasteiger partial charge in [-0.25, -0.2) is 0 Å². The Bertz CT molecular complexity index is 493. The third-order valence-electron chi connectivity index (χ3n) is 4.02. The predicted molar refractivity (Wildman–Crippen MR) is 79.7 cm³/mol. The monoisotopic (exact) mass is 296 g/mol.